The van der Waals surface area contributed by atoms with Crippen molar-refractivity contribution in [3.05, 3.63) is 92.8 Å². The molecular formula is C25H25N3O3S. The van der Waals surface area contributed by atoms with Crippen molar-refractivity contribution in [1.82, 2.24) is 14.9 Å². The van der Waals surface area contributed by atoms with Crippen LogP contribution < -0.4 is 10.3 Å². The van der Waals surface area contributed by atoms with Crippen LogP contribution >= 0.6 is 11.3 Å². The average Bonchev–Trinajstić information content (AvgIpc) is 3.21. The molecule has 7 heteroatoms. The molecule has 0 amide bonds. The van der Waals surface area contributed by atoms with Gasteiger partial charge in [0.05, 0.1) is 12.5 Å². The van der Waals surface area contributed by atoms with Crippen molar-refractivity contribution in [1.29, 1.82) is 0 Å². The zero-order valence-electron chi connectivity index (χ0n) is 18.1. The normalized spacial score (nSPS) is 11.2. The minimum Gasteiger partial charge on any atom is -0.497 e. The first-order valence-corrected chi connectivity index (χ1v) is 11.3. The topological polar surface area (TPSA) is 75.3 Å². The Morgan fingerprint density at radius 3 is 2.66 bits per heavy atom. The van der Waals surface area contributed by atoms with Crippen molar-refractivity contribution >= 4 is 27.3 Å². The number of nitrogens with zero attached hydrogens (tertiary/aromatic N) is 2. The number of thiophene rings is 1. The van der Waals surface area contributed by atoms with E-state index < -0.39 is 0 Å². The molecule has 0 bridgehead atoms. The minimum atomic E-state index is -0.260. The van der Waals surface area contributed by atoms with Gasteiger partial charge in [-0.25, -0.2) is 4.98 Å². The van der Waals surface area contributed by atoms with Crippen LogP contribution in [0.4, 0.5) is 0 Å². The van der Waals surface area contributed by atoms with Crippen LogP contribution in [0, 0.1) is 0 Å². The van der Waals surface area contributed by atoms with Gasteiger partial charge in [-0.05, 0) is 47.7 Å². The maximum atomic E-state index is 12.8. The van der Waals surface area contributed by atoms with Crippen molar-refractivity contribution in [2.75, 3.05) is 14.2 Å². The smallest absolute Gasteiger partial charge is 0.260 e. The van der Waals surface area contributed by atoms with Gasteiger partial charge in [-0.1, -0.05) is 42.5 Å². The summed E-state index contributed by atoms with van der Waals surface area (Å²) in [5.74, 6) is 0.700. The standard InChI is InChI=1S/C25H25N3O3S/c1-28(14-18-7-4-3-5-8-18)15-19-16-32-25-22(19)24(30)26-23(27-25)21(29)12-11-17-9-6-10-20(13-17)31-2/h3-10,13,16H,11-12,14-15H2,1-2H3,(H,26,27,30). The van der Waals surface area contributed by atoms with Gasteiger partial charge < -0.3 is 9.72 Å². The lowest BCUT2D eigenvalue weighted by atomic mass is 10.1. The minimum absolute atomic E-state index is 0.122. The Labute approximate surface area is 190 Å². The number of aromatic amines is 1. The molecule has 2 heterocycles. The van der Waals surface area contributed by atoms with Crippen LogP contribution in [-0.4, -0.2) is 34.8 Å². The molecule has 32 heavy (non-hydrogen) atoms. The van der Waals surface area contributed by atoms with Crippen LogP contribution in [0.2, 0.25) is 0 Å². The number of methoxy groups -OCH3 is 1. The number of ketones is 1. The van der Waals surface area contributed by atoms with Gasteiger partial charge in [0.25, 0.3) is 5.56 Å². The molecule has 0 spiro atoms. The number of carbonyl (C=O) groups excluding carboxylic acids is 1. The quantitative estimate of drug-likeness (QED) is 0.384. The summed E-state index contributed by atoms with van der Waals surface area (Å²) in [5, 5.41) is 2.53. The molecule has 0 unspecified atom stereocenters. The zero-order chi connectivity index (χ0) is 22.5. The van der Waals surface area contributed by atoms with E-state index in [9.17, 15) is 9.59 Å². The van der Waals surface area contributed by atoms with E-state index >= 15 is 0 Å². The number of benzene rings is 2. The molecule has 6 nitrogen and oxygen atoms in total. The Hall–Kier alpha value is -3.29. The molecule has 0 fully saturated rings. The third-order valence-corrected chi connectivity index (χ3v) is 6.22. The van der Waals surface area contributed by atoms with Gasteiger partial charge in [-0.3, -0.25) is 14.5 Å². The molecule has 0 aliphatic carbocycles. The number of nitrogens with one attached hydrogen (secondary N) is 1. The molecule has 0 aliphatic heterocycles. The number of aromatic nitrogens is 2. The second-order valence-corrected chi connectivity index (χ2v) is 8.65. The Morgan fingerprint density at radius 1 is 1.09 bits per heavy atom. The molecule has 4 rings (SSSR count). The van der Waals surface area contributed by atoms with E-state index in [-0.39, 0.29) is 23.6 Å². The number of hydrogen-bond donors (Lipinski definition) is 1. The van der Waals surface area contributed by atoms with Crippen LogP contribution in [-0.2, 0) is 19.5 Å². The number of Topliss-reactive ketones (excluding diaryl/α,β-unsaturated/α-hetero) is 1. The highest BCUT2D eigenvalue weighted by Crippen LogP contribution is 2.23. The van der Waals surface area contributed by atoms with E-state index in [1.807, 2.05) is 54.9 Å². The fraction of sp³-hybridized carbons (Fsp3) is 0.240. The number of ether oxygens (including phenoxy) is 1. The summed E-state index contributed by atoms with van der Waals surface area (Å²) in [6.07, 6.45) is 0.817. The molecule has 2 aromatic carbocycles. The maximum Gasteiger partial charge on any atom is 0.260 e. The maximum absolute atomic E-state index is 12.8. The van der Waals surface area contributed by atoms with E-state index in [0.29, 0.717) is 23.2 Å². The van der Waals surface area contributed by atoms with Crippen molar-refractivity contribution in [2.24, 2.45) is 0 Å². The number of fused-ring (bicyclic) bond motifs is 1. The Morgan fingerprint density at radius 2 is 1.88 bits per heavy atom. The SMILES string of the molecule is COc1cccc(CCC(=O)c2nc3scc(CN(C)Cc4ccccc4)c3c(=O)[nH]2)c1. The molecule has 0 saturated heterocycles. The van der Waals surface area contributed by atoms with Crippen molar-refractivity contribution < 1.29 is 9.53 Å². The Kier molecular flexibility index (Phi) is 6.78. The summed E-state index contributed by atoms with van der Waals surface area (Å²) in [7, 11) is 3.64. The van der Waals surface area contributed by atoms with Crippen LogP contribution in [0.3, 0.4) is 0 Å². The monoisotopic (exact) mass is 447 g/mol. The third kappa shape index (κ3) is 5.12. The van der Waals surface area contributed by atoms with Crippen LogP contribution in [0.5, 0.6) is 5.75 Å². The highest BCUT2D eigenvalue weighted by molar-refractivity contribution is 7.16. The summed E-state index contributed by atoms with van der Waals surface area (Å²) in [5.41, 5.74) is 2.88. The average molecular weight is 448 g/mol. The highest BCUT2D eigenvalue weighted by Gasteiger charge is 2.16. The second-order valence-electron chi connectivity index (χ2n) is 7.79. The first-order chi connectivity index (χ1) is 15.5. The molecule has 0 radical (unpaired) electrons. The molecule has 0 aliphatic rings. The van der Waals surface area contributed by atoms with Gasteiger partial charge in [0.15, 0.2) is 11.6 Å². The Bertz CT molecular complexity index is 1280. The van der Waals surface area contributed by atoms with Crippen molar-refractivity contribution in [3.8, 4) is 5.75 Å². The van der Waals surface area contributed by atoms with Gasteiger partial charge in [0.1, 0.15) is 10.6 Å². The first kappa shape index (κ1) is 21.9. The predicted molar refractivity (Wildman–Crippen MR) is 127 cm³/mol. The van der Waals surface area contributed by atoms with Crippen LogP contribution in [0.25, 0.3) is 10.2 Å². The summed E-state index contributed by atoms with van der Waals surface area (Å²) in [6, 6.07) is 17.8. The molecule has 1 N–H and O–H groups in total. The van der Waals surface area contributed by atoms with E-state index in [2.05, 4.69) is 27.0 Å². The largest absolute Gasteiger partial charge is 0.497 e. The molecule has 2 aromatic heterocycles. The van der Waals surface area contributed by atoms with E-state index in [1.165, 1.54) is 16.9 Å². The van der Waals surface area contributed by atoms with Gasteiger partial charge >= 0.3 is 0 Å². The summed E-state index contributed by atoms with van der Waals surface area (Å²) in [4.78, 5) is 35.4. The van der Waals surface area contributed by atoms with Gasteiger partial charge in [0, 0.05) is 19.5 Å². The second kappa shape index (κ2) is 9.89. The molecule has 0 atom stereocenters. The highest BCUT2D eigenvalue weighted by atomic mass is 32.1. The molecular weight excluding hydrogens is 422 g/mol. The summed E-state index contributed by atoms with van der Waals surface area (Å²) >= 11 is 1.40. The summed E-state index contributed by atoms with van der Waals surface area (Å²) < 4.78 is 5.23. The van der Waals surface area contributed by atoms with Gasteiger partial charge in [-0.2, -0.15) is 0 Å². The van der Waals surface area contributed by atoms with Gasteiger partial charge in [-0.15, -0.1) is 11.3 Å². The number of H-pyrrole nitrogens is 1. The molecule has 164 valence electrons. The van der Waals surface area contributed by atoms with Gasteiger partial charge in [0.2, 0.25) is 0 Å². The molecule has 4 aromatic rings. The number of rotatable bonds is 9. The van der Waals surface area contributed by atoms with Crippen molar-refractivity contribution in [3.63, 3.8) is 0 Å². The lowest BCUT2D eigenvalue weighted by molar-refractivity contribution is 0.0973. The lowest BCUT2D eigenvalue weighted by Crippen LogP contribution is -2.20. The van der Waals surface area contributed by atoms with Crippen molar-refractivity contribution in [2.45, 2.75) is 25.9 Å². The molecule has 0 saturated carbocycles. The number of hydrogen-bond acceptors (Lipinski definition) is 6. The number of carbonyl (C=O) groups is 1. The first-order valence-electron chi connectivity index (χ1n) is 10.4. The van der Waals surface area contributed by atoms with E-state index in [1.54, 1.807) is 7.11 Å². The lowest BCUT2D eigenvalue weighted by Gasteiger charge is -2.16. The van der Waals surface area contributed by atoms with Crippen LogP contribution in [0.1, 0.15) is 33.7 Å². The predicted octanol–water partition coefficient (Wildman–Crippen LogP) is 4.44. The fourth-order valence-electron chi connectivity index (χ4n) is 3.70. The van der Waals surface area contributed by atoms with E-state index in [0.717, 1.165) is 23.4 Å². The number of aryl methyl sites for hydroxylation is 1. The zero-order valence-corrected chi connectivity index (χ0v) is 18.9. The summed E-state index contributed by atoms with van der Waals surface area (Å²) in [6.45, 7) is 1.41. The fourth-order valence-corrected chi connectivity index (χ4v) is 4.63. The van der Waals surface area contributed by atoms with Crippen LogP contribution in [0.15, 0.2) is 64.8 Å². The van der Waals surface area contributed by atoms with E-state index in [4.69, 9.17) is 4.74 Å². The Balaban J connectivity index is 1.47. The third-order valence-electron chi connectivity index (χ3n) is 5.29.